The maximum Gasteiger partial charge on any atom is 0.338 e. The van der Waals surface area contributed by atoms with Gasteiger partial charge in [0.05, 0.1) is 22.4 Å². The van der Waals surface area contributed by atoms with Crippen LogP contribution in [0.5, 0.6) is 0 Å². The summed E-state index contributed by atoms with van der Waals surface area (Å²) in [4.78, 5) is 36.2. The Kier molecular flexibility index (Phi) is 7.06. The molecule has 0 unspecified atom stereocenters. The van der Waals surface area contributed by atoms with E-state index in [1.165, 1.54) is 46.8 Å². The number of anilines is 1. The number of rotatable bonds is 6. The van der Waals surface area contributed by atoms with Crippen molar-refractivity contribution in [3.63, 3.8) is 0 Å². The first-order chi connectivity index (χ1) is 19.0. The highest BCUT2D eigenvalue weighted by molar-refractivity contribution is 7.10. The molecule has 1 atom stereocenters. The third-order valence-electron chi connectivity index (χ3n) is 7.15. The average Bonchev–Trinajstić information content (AvgIpc) is 3.72. The summed E-state index contributed by atoms with van der Waals surface area (Å²) in [6.07, 6.45) is 4.39. The van der Waals surface area contributed by atoms with Crippen LogP contribution in [0.4, 0.5) is 5.69 Å². The highest BCUT2D eigenvalue weighted by Gasteiger charge is 2.35. The van der Waals surface area contributed by atoms with E-state index in [1.54, 1.807) is 11.5 Å². The number of carbonyl (C=O) groups is 1. The Labute approximate surface area is 234 Å². The second-order valence-electron chi connectivity index (χ2n) is 9.69. The monoisotopic (exact) mass is 555 g/mol. The Bertz CT molecular complexity index is 1730. The van der Waals surface area contributed by atoms with Gasteiger partial charge in [-0.2, -0.15) is 0 Å². The van der Waals surface area contributed by atoms with E-state index in [9.17, 15) is 9.59 Å². The Hall–Kier alpha value is -3.75. The minimum Gasteiger partial charge on any atom is -0.463 e. The number of ether oxygens (including phenoxy) is 1. The van der Waals surface area contributed by atoms with Crippen LogP contribution in [0.2, 0.25) is 0 Å². The van der Waals surface area contributed by atoms with Crippen molar-refractivity contribution in [3.05, 3.63) is 113 Å². The summed E-state index contributed by atoms with van der Waals surface area (Å²) in [5.74, 6) is -0.457. The number of fused-ring (bicyclic) bond motifs is 1. The summed E-state index contributed by atoms with van der Waals surface area (Å²) in [5.41, 5.74) is 5.02. The summed E-state index contributed by atoms with van der Waals surface area (Å²) >= 11 is 2.87. The van der Waals surface area contributed by atoms with E-state index >= 15 is 0 Å². The zero-order valence-electron chi connectivity index (χ0n) is 21.9. The molecule has 39 heavy (non-hydrogen) atoms. The predicted molar refractivity (Wildman–Crippen MR) is 158 cm³/mol. The van der Waals surface area contributed by atoms with Crippen LogP contribution in [-0.4, -0.2) is 30.2 Å². The molecule has 0 N–H and O–H groups in total. The van der Waals surface area contributed by atoms with Gasteiger partial charge in [-0.1, -0.05) is 53.8 Å². The van der Waals surface area contributed by atoms with Gasteiger partial charge in [-0.05, 0) is 67.5 Å². The summed E-state index contributed by atoms with van der Waals surface area (Å²) < 4.78 is 7.75. The Morgan fingerprint density at radius 1 is 1.10 bits per heavy atom. The van der Waals surface area contributed by atoms with Crippen LogP contribution < -0.4 is 19.8 Å². The van der Waals surface area contributed by atoms with Crippen molar-refractivity contribution in [3.8, 4) is 0 Å². The molecule has 1 fully saturated rings. The number of thiazole rings is 1. The lowest BCUT2D eigenvalue weighted by atomic mass is 9.97. The van der Waals surface area contributed by atoms with Crippen molar-refractivity contribution in [2.24, 2.45) is 4.99 Å². The topological polar surface area (TPSA) is 63.9 Å². The molecule has 2 aliphatic heterocycles. The summed E-state index contributed by atoms with van der Waals surface area (Å²) in [5, 5.41) is 1.96. The number of aromatic nitrogens is 1. The number of hydrogen-bond acceptors (Lipinski definition) is 7. The molecule has 6 nitrogen and oxygen atoms in total. The molecule has 6 rings (SSSR count). The summed E-state index contributed by atoms with van der Waals surface area (Å²) in [7, 11) is 0. The number of hydrogen-bond donors (Lipinski definition) is 0. The lowest BCUT2D eigenvalue weighted by Gasteiger charge is -2.24. The molecule has 4 heterocycles. The number of esters is 1. The molecule has 0 amide bonds. The average molecular weight is 556 g/mol. The molecule has 198 valence electrons. The van der Waals surface area contributed by atoms with Gasteiger partial charge in [0.25, 0.3) is 5.56 Å². The predicted octanol–water partition coefficient (Wildman–Crippen LogP) is 4.91. The van der Waals surface area contributed by atoms with Gasteiger partial charge in [-0.15, -0.1) is 11.3 Å². The molecule has 1 saturated heterocycles. The molecule has 2 aromatic heterocycles. The standard InChI is InChI=1S/C31H29N3O3S2/c1-3-37-30(36)26-27(22-10-5-4-6-11-22)32-31-34(28(26)24-12-9-17-38-24)29(35)25(39-31)19-21-13-14-23(20(2)18-21)33-15-7-8-16-33/h4-6,9-14,17-19,28H,3,7-8,15-16H2,1-2H3/b25-19+/t28-/m1/s1. The van der Waals surface area contributed by atoms with Gasteiger partial charge >= 0.3 is 5.97 Å². The number of carbonyl (C=O) groups excluding carboxylic acids is 1. The van der Waals surface area contributed by atoms with Crippen LogP contribution in [0.3, 0.4) is 0 Å². The number of aryl methyl sites for hydroxylation is 1. The lowest BCUT2D eigenvalue weighted by molar-refractivity contribution is -0.138. The fourth-order valence-electron chi connectivity index (χ4n) is 5.39. The second-order valence-corrected chi connectivity index (χ2v) is 11.7. The molecular weight excluding hydrogens is 526 g/mol. The number of thiophene rings is 1. The first-order valence-corrected chi connectivity index (χ1v) is 14.9. The SMILES string of the molecule is CCOC(=O)C1=C(c2ccccc2)N=c2s/c(=C/c3ccc(N4CCCC4)c(C)c3)c(=O)n2[C@@H]1c1cccs1. The maximum atomic E-state index is 14.0. The van der Waals surface area contributed by atoms with Gasteiger partial charge in [0.2, 0.25) is 0 Å². The third kappa shape index (κ3) is 4.79. The van der Waals surface area contributed by atoms with Crippen LogP contribution in [0.1, 0.15) is 47.4 Å². The number of benzene rings is 2. The Morgan fingerprint density at radius 2 is 1.90 bits per heavy atom. The fourth-order valence-corrected chi connectivity index (χ4v) is 7.21. The molecule has 2 aliphatic rings. The van der Waals surface area contributed by atoms with Crippen molar-refractivity contribution in [1.82, 2.24) is 4.57 Å². The van der Waals surface area contributed by atoms with Gasteiger partial charge in [0.15, 0.2) is 4.80 Å². The van der Waals surface area contributed by atoms with Gasteiger partial charge in [0.1, 0.15) is 6.04 Å². The second kappa shape index (κ2) is 10.8. The highest BCUT2D eigenvalue weighted by atomic mass is 32.1. The van der Waals surface area contributed by atoms with Gasteiger partial charge in [-0.25, -0.2) is 9.79 Å². The van der Waals surface area contributed by atoms with E-state index in [2.05, 4.69) is 30.0 Å². The quantitative estimate of drug-likeness (QED) is 0.318. The minimum atomic E-state index is -0.614. The van der Waals surface area contributed by atoms with Crippen LogP contribution in [0.25, 0.3) is 11.8 Å². The molecule has 8 heteroatoms. The molecule has 4 aromatic rings. The van der Waals surface area contributed by atoms with Crippen molar-refractivity contribution >= 4 is 46.1 Å². The van der Waals surface area contributed by atoms with Gasteiger partial charge in [0, 0.05) is 29.2 Å². The first kappa shape index (κ1) is 25.5. The summed E-state index contributed by atoms with van der Waals surface area (Å²) in [6, 6.07) is 19.3. The largest absolute Gasteiger partial charge is 0.463 e. The molecule has 2 aromatic carbocycles. The Balaban J connectivity index is 1.53. The zero-order chi connectivity index (χ0) is 26.9. The lowest BCUT2D eigenvalue weighted by Crippen LogP contribution is -2.39. The van der Waals surface area contributed by atoms with Crippen molar-refractivity contribution in [1.29, 1.82) is 0 Å². The van der Waals surface area contributed by atoms with Crippen LogP contribution >= 0.6 is 22.7 Å². The number of nitrogens with zero attached hydrogens (tertiary/aromatic N) is 3. The van der Waals surface area contributed by atoms with E-state index in [0.29, 0.717) is 20.6 Å². The van der Waals surface area contributed by atoms with E-state index in [-0.39, 0.29) is 12.2 Å². The Morgan fingerprint density at radius 3 is 2.59 bits per heavy atom. The molecular formula is C31H29N3O3S2. The molecule has 0 aliphatic carbocycles. The highest BCUT2D eigenvalue weighted by Crippen LogP contribution is 2.36. The van der Waals surface area contributed by atoms with Crippen LogP contribution in [0.15, 0.2) is 81.4 Å². The summed E-state index contributed by atoms with van der Waals surface area (Å²) in [6.45, 7) is 6.33. The third-order valence-corrected chi connectivity index (χ3v) is 9.06. The molecule has 0 bridgehead atoms. The first-order valence-electron chi connectivity index (χ1n) is 13.2. The van der Waals surface area contributed by atoms with E-state index in [1.807, 2.05) is 53.9 Å². The zero-order valence-corrected chi connectivity index (χ0v) is 23.6. The van der Waals surface area contributed by atoms with E-state index < -0.39 is 12.0 Å². The van der Waals surface area contributed by atoms with E-state index in [0.717, 1.165) is 29.1 Å². The van der Waals surface area contributed by atoms with Crippen LogP contribution in [0, 0.1) is 6.92 Å². The van der Waals surface area contributed by atoms with Gasteiger partial charge in [-0.3, -0.25) is 9.36 Å². The van der Waals surface area contributed by atoms with Crippen molar-refractivity contribution in [2.75, 3.05) is 24.6 Å². The van der Waals surface area contributed by atoms with E-state index in [4.69, 9.17) is 9.73 Å². The normalized spacial score (nSPS) is 17.3. The fraction of sp³-hybridized carbons (Fsp3) is 0.258. The minimum absolute atomic E-state index is 0.160. The van der Waals surface area contributed by atoms with Crippen molar-refractivity contribution < 1.29 is 9.53 Å². The van der Waals surface area contributed by atoms with Gasteiger partial charge < -0.3 is 9.64 Å². The molecule has 0 saturated carbocycles. The molecule has 0 radical (unpaired) electrons. The smallest absolute Gasteiger partial charge is 0.338 e. The maximum absolute atomic E-state index is 14.0. The van der Waals surface area contributed by atoms with Crippen molar-refractivity contribution in [2.45, 2.75) is 32.7 Å². The molecule has 0 spiro atoms. The van der Waals surface area contributed by atoms with Crippen LogP contribution in [-0.2, 0) is 9.53 Å².